The van der Waals surface area contributed by atoms with Gasteiger partial charge in [-0.15, -0.1) is 0 Å². The third-order valence-corrected chi connectivity index (χ3v) is 6.80. The molecular weight excluding hydrogens is 548 g/mol. The average Bonchev–Trinajstić information content (AvgIpc) is 2.77. The van der Waals surface area contributed by atoms with Crippen molar-refractivity contribution in [1.82, 2.24) is 15.3 Å². The fourth-order valence-electron chi connectivity index (χ4n) is 3.71. The van der Waals surface area contributed by atoms with Crippen LogP contribution in [0, 0.1) is 0 Å². The van der Waals surface area contributed by atoms with Crippen LogP contribution in [0.5, 0.6) is 0 Å². The molecular formula is C20H19ClF8N4O2S. The molecule has 36 heavy (non-hydrogen) atoms. The summed E-state index contributed by atoms with van der Waals surface area (Å²) in [5.41, 5.74) is -3.50. The molecule has 0 saturated heterocycles. The number of nitrogens with one attached hydrogen (secondary N) is 1. The van der Waals surface area contributed by atoms with Crippen LogP contribution in [0.1, 0.15) is 37.3 Å². The molecule has 1 fully saturated rings. The molecule has 0 radical (unpaired) electrons. The van der Waals surface area contributed by atoms with Crippen LogP contribution in [-0.2, 0) is 9.59 Å². The highest BCUT2D eigenvalue weighted by Gasteiger charge is 2.65. The number of amides is 2. The van der Waals surface area contributed by atoms with Gasteiger partial charge in [0.05, 0.1) is 0 Å². The van der Waals surface area contributed by atoms with E-state index >= 15 is 0 Å². The zero-order valence-corrected chi connectivity index (χ0v) is 19.6. The number of hydrogen-bond donors (Lipinski definition) is 1. The molecule has 0 unspecified atom stereocenters. The van der Waals surface area contributed by atoms with Crippen LogP contribution in [0.3, 0.4) is 0 Å². The van der Waals surface area contributed by atoms with Gasteiger partial charge in [-0.2, -0.15) is 0 Å². The first-order chi connectivity index (χ1) is 16.4. The highest BCUT2D eigenvalue weighted by molar-refractivity contribution is 8.45. The molecule has 1 aromatic carbocycles. The maximum Gasteiger partial charge on any atom is 0.310 e. The molecule has 2 atom stereocenters. The van der Waals surface area contributed by atoms with Crippen molar-refractivity contribution >= 4 is 39.3 Å². The zero-order valence-electron chi connectivity index (χ0n) is 18.1. The topological polar surface area (TPSA) is 75.2 Å². The van der Waals surface area contributed by atoms with Gasteiger partial charge in [0.25, 0.3) is 11.5 Å². The number of benzene rings is 1. The second kappa shape index (κ2) is 9.01. The maximum absolute atomic E-state index is 13.9. The molecule has 16 heteroatoms. The number of rotatable bonds is 7. The minimum Gasteiger partial charge on any atom is -0.351 e. The van der Waals surface area contributed by atoms with E-state index in [4.69, 9.17) is 11.6 Å². The number of carbonyl (C=O) groups excluding carboxylic acids is 2. The lowest BCUT2D eigenvalue weighted by atomic mass is 9.92. The molecule has 1 heterocycles. The molecule has 2 aromatic rings. The Hall–Kier alpha value is -2.68. The molecule has 1 aliphatic rings. The maximum atomic E-state index is 13.9. The summed E-state index contributed by atoms with van der Waals surface area (Å²) in [7, 11) is -10.1. The van der Waals surface area contributed by atoms with Crippen LogP contribution in [-0.4, -0.2) is 39.4 Å². The monoisotopic (exact) mass is 566 g/mol. The third kappa shape index (κ3) is 6.75. The van der Waals surface area contributed by atoms with Gasteiger partial charge in [-0.25, -0.2) is 23.1 Å². The molecule has 1 saturated carbocycles. The number of aromatic nitrogens is 2. The Morgan fingerprint density at radius 3 is 2.03 bits per heavy atom. The highest BCUT2D eigenvalue weighted by atomic mass is 35.5. The summed E-state index contributed by atoms with van der Waals surface area (Å²) >= 11 is 5.28. The Bertz CT molecular complexity index is 1110. The van der Waals surface area contributed by atoms with Crippen molar-refractivity contribution in [3.05, 3.63) is 48.5 Å². The molecule has 0 bridgehead atoms. The first kappa shape index (κ1) is 27.9. The number of hydrogen-bond acceptors (Lipinski definition) is 4. The molecule has 0 spiro atoms. The smallest absolute Gasteiger partial charge is 0.310 e. The summed E-state index contributed by atoms with van der Waals surface area (Å²) in [4.78, 5) is 31.4. The zero-order chi connectivity index (χ0) is 27.0. The SMILES string of the molecule is O=C(NC1CCC(F)(F)CC1)[C@@H](c1cncnc1)N(C(=O)[C@H](F)Cl)c1ccc(S(F)(F)(F)(F)F)cc1. The Morgan fingerprint density at radius 1 is 1.03 bits per heavy atom. The van der Waals surface area contributed by atoms with Gasteiger partial charge < -0.3 is 5.32 Å². The quantitative estimate of drug-likeness (QED) is 0.309. The average molecular weight is 567 g/mol. The summed E-state index contributed by atoms with van der Waals surface area (Å²) in [5.74, 6) is -5.54. The Labute approximate surface area is 204 Å². The third-order valence-electron chi connectivity index (χ3n) is 5.45. The summed E-state index contributed by atoms with van der Waals surface area (Å²) < 4.78 is 107. The first-order valence-electron chi connectivity index (χ1n) is 10.3. The van der Waals surface area contributed by atoms with E-state index in [0.29, 0.717) is 17.0 Å². The van der Waals surface area contributed by atoms with Crippen LogP contribution in [0.4, 0.5) is 38.3 Å². The van der Waals surface area contributed by atoms with Crippen LogP contribution in [0.15, 0.2) is 47.9 Å². The first-order valence-corrected chi connectivity index (χ1v) is 12.7. The summed E-state index contributed by atoms with van der Waals surface area (Å²) in [6, 6.07) is -1.71. The second-order valence-electron chi connectivity index (χ2n) is 8.18. The van der Waals surface area contributed by atoms with E-state index in [2.05, 4.69) is 15.3 Å². The van der Waals surface area contributed by atoms with Gasteiger partial charge in [0.2, 0.25) is 11.8 Å². The van der Waals surface area contributed by atoms with Crippen molar-refractivity contribution in [1.29, 1.82) is 0 Å². The van der Waals surface area contributed by atoms with E-state index in [9.17, 15) is 42.2 Å². The van der Waals surface area contributed by atoms with Crippen molar-refractivity contribution in [3.8, 4) is 0 Å². The van der Waals surface area contributed by atoms with Gasteiger partial charge in [-0.05, 0) is 37.1 Å². The lowest BCUT2D eigenvalue weighted by Crippen LogP contribution is -2.49. The van der Waals surface area contributed by atoms with E-state index < -0.39 is 69.1 Å². The van der Waals surface area contributed by atoms with E-state index in [0.717, 1.165) is 18.7 Å². The van der Waals surface area contributed by atoms with Gasteiger partial charge in [0, 0.05) is 42.5 Å². The Morgan fingerprint density at radius 2 is 1.56 bits per heavy atom. The van der Waals surface area contributed by atoms with E-state index in [-0.39, 0.29) is 30.5 Å². The molecule has 0 aliphatic heterocycles. The standard InChI is InChI=1S/C20H19ClF8N4O2S/c21-17(22)19(35)33(14-1-3-15(4-2-14)36(25,26,27,28)29)16(12-9-30-11-31-10-12)18(34)32-13-5-7-20(23,24)8-6-13/h1-4,9-11,13,16-17H,5-8H2,(H,32,34)/t16-,17+/m1/s1. The van der Waals surface area contributed by atoms with Gasteiger partial charge in [-0.1, -0.05) is 31.0 Å². The van der Waals surface area contributed by atoms with Crippen molar-refractivity contribution in [2.75, 3.05) is 4.90 Å². The minimum absolute atomic E-state index is 0.0156. The lowest BCUT2D eigenvalue weighted by molar-refractivity contribution is -0.128. The predicted molar refractivity (Wildman–Crippen MR) is 116 cm³/mol. The van der Waals surface area contributed by atoms with E-state index in [1.165, 1.54) is 0 Å². The van der Waals surface area contributed by atoms with Crippen LogP contribution < -0.4 is 10.2 Å². The van der Waals surface area contributed by atoms with Gasteiger partial charge in [-0.3, -0.25) is 14.5 Å². The number of halogens is 9. The minimum atomic E-state index is -10.1. The fraction of sp³-hybridized carbons (Fsp3) is 0.400. The van der Waals surface area contributed by atoms with Gasteiger partial charge in [0.1, 0.15) is 17.3 Å². The lowest BCUT2D eigenvalue weighted by Gasteiger charge is -2.40. The highest BCUT2D eigenvalue weighted by Crippen LogP contribution is 3.02. The molecule has 1 aliphatic carbocycles. The number of anilines is 1. The number of carbonyl (C=O) groups is 2. The van der Waals surface area contributed by atoms with Crippen molar-refractivity contribution in [3.63, 3.8) is 0 Å². The van der Waals surface area contributed by atoms with E-state index in [1.54, 1.807) is 0 Å². The molecule has 2 amide bonds. The van der Waals surface area contributed by atoms with Crippen LogP contribution in [0.2, 0.25) is 0 Å². The normalized spacial score (nSPS) is 19.9. The van der Waals surface area contributed by atoms with Crippen molar-refractivity contribution in [2.45, 2.75) is 54.2 Å². The molecule has 200 valence electrons. The predicted octanol–water partition coefficient (Wildman–Crippen LogP) is 6.44. The molecule has 6 nitrogen and oxygen atoms in total. The summed E-state index contributed by atoms with van der Waals surface area (Å²) in [6.45, 7) is 0. The fourth-order valence-corrected chi connectivity index (χ4v) is 4.46. The van der Waals surface area contributed by atoms with Gasteiger partial charge >= 0.3 is 10.2 Å². The molecule has 1 N–H and O–H groups in total. The summed E-state index contributed by atoms with van der Waals surface area (Å²) in [6.07, 6.45) is 1.87. The van der Waals surface area contributed by atoms with Gasteiger partial charge in [0.15, 0.2) is 0 Å². The molecule has 3 rings (SSSR count). The van der Waals surface area contributed by atoms with Crippen molar-refractivity contribution in [2.24, 2.45) is 0 Å². The Kier molecular flexibility index (Phi) is 6.98. The largest absolute Gasteiger partial charge is 0.351 e. The number of alkyl halides is 4. The Balaban J connectivity index is 2.04. The van der Waals surface area contributed by atoms with E-state index in [1.807, 2.05) is 0 Å². The molecule has 1 aromatic heterocycles. The van der Waals surface area contributed by atoms with Crippen molar-refractivity contribution < 1.29 is 42.2 Å². The van der Waals surface area contributed by atoms with Crippen LogP contribution >= 0.6 is 21.8 Å². The summed E-state index contributed by atoms with van der Waals surface area (Å²) in [5, 5.41) is 2.47. The second-order valence-corrected chi connectivity index (χ2v) is 11.0. The number of nitrogens with zero attached hydrogens (tertiary/aromatic N) is 3. The van der Waals surface area contributed by atoms with Crippen LogP contribution in [0.25, 0.3) is 0 Å².